The van der Waals surface area contributed by atoms with E-state index in [-0.39, 0.29) is 0 Å². The summed E-state index contributed by atoms with van der Waals surface area (Å²) in [4.78, 5) is 0.907. The normalized spacial score (nSPS) is 7.46. The van der Waals surface area contributed by atoms with Gasteiger partial charge in [0.2, 0.25) is 0 Å². The maximum absolute atomic E-state index is 5.41. The number of nitrogen functional groups attached to an aromatic ring is 1. The highest BCUT2D eigenvalue weighted by atomic mass is 32.1. The monoisotopic (exact) mass is 217 g/mol. The average Bonchev–Trinajstić information content (AvgIpc) is 2.08. The number of hydrogen-bond donors (Lipinski definition) is 3. The molecular weight excluding hydrogens is 198 g/mol. The van der Waals surface area contributed by atoms with E-state index in [1.807, 2.05) is 45.0 Å². The Morgan fingerprint density at radius 1 is 1.31 bits per heavy atom. The summed E-state index contributed by atoms with van der Waals surface area (Å²) < 4.78 is 0. The van der Waals surface area contributed by atoms with Crippen LogP contribution in [0.4, 0.5) is 5.69 Å². The van der Waals surface area contributed by atoms with E-state index in [0.29, 0.717) is 0 Å². The van der Waals surface area contributed by atoms with Gasteiger partial charge < -0.3 is 5.73 Å². The zero-order chi connectivity index (χ0) is 10.7. The van der Waals surface area contributed by atoms with Crippen molar-refractivity contribution in [3.63, 3.8) is 0 Å². The second kappa shape index (κ2) is 11.7. The summed E-state index contributed by atoms with van der Waals surface area (Å²) in [5.74, 6) is 0.944. The van der Waals surface area contributed by atoms with Crippen LogP contribution >= 0.6 is 25.3 Å². The maximum atomic E-state index is 5.41. The standard InChI is InChI=1S/C6H7NS.C2H6S.C2H6/c7-5-2-1-3-6(8)4-5;1-2-3;1-2/h1-4,8H,7H2;3H,2H2,1H3;1-2H3. The Kier molecular flexibility index (Phi) is 13.7. The molecule has 76 valence electrons. The Morgan fingerprint density at radius 3 is 2.00 bits per heavy atom. The molecule has 0 spiro atoms. The van der Waals surface area contributed by atoms with Crippen molar-refractivity contribution >= 4 is 30.9 Å². The number of thiol groups is 2. The largest absolute Gasteiger partial charge is 0.399 e. The van der Waals surface area contributed by atoms with E-state index in [1.54, 1.807) is 0 Å². The van der Waals surface area contributed by atoms with Gasteiger partial charge in [-0.2, -0.15) is 12.6 Å². The van der Waals surface area contributed by atoms with E-state index in [4.69, 9.17) is 5.73 Å². The molecule has 1 rings (SSSR count). The van der Waals surface area contributed by atoms with Gasteiger partial charge in [0.25, 0.3) is 0 Å². The third-order valence-electron chi connectivity index (χ3n) is 0.870. The third kappa shape index (κ3) is 11.7. The van der Waals surface area contributed by atoms with Gasteiger partial charge in [-0.3, -0.25) is 0 Å². The van der Waals surface area contributed by atoms with Gasteiger partial charge in [-0.25, -0.2) is 0 Å². The lowest BCUT2D eigenvalue weighted by Crippen LogP contribution is -1.81. The van der Waals surface area contributed by atoms with E-state index in [9.17, 15) is 0 Å². The second-order valence-corrected chi connectivity index (χ2v) is 3.06. The fourth-order valence-electron chi connectivity index (χ4n) is 0.525. The summed E-state index contributed by atoms with van der Waals surface area (Å²) >= 11 is 7.86. The number of hydrogen-bond acceptors (Lipinski definition) is 3. The van der Waals surface area contributed by atoms with Crippen LogP contribution in [0, 0.1) is 0 Å². The van der Waals surface area contributed by atoms with Crippen molar-refractivity contribution in [1.82, 2.24) is 0 Å². The molecule has 0 radical (unpaired) electrons. The van der Waals surface area contributed by atoms with Gasteiger partial charge in [0.1, 0.15) is 0 Å². The first-order chi connectivity index (χ1) is 6.20. The number of nitrogens with two attached hydrogens (primary N) is 1. The Hall–Kier alpha value is -0.280. The lowest BCUT2D eigenvalue weighted by atomic mass is 10.3. The summed E-state index contributed by atoms with van der Waals surface area (Å²) in [7, 11) is 0. The highest BCUT2D eigenvalue weighted by Crippen LogP contribution is 2.08. The van der Waals surface area contributed by atoms with Crippen LogP contribution in [0.15, 0.2) is 29.2 Å². The topological polar surface area (TPSA) is 26.0 Å². The van der Waals surface area contributed by atoms with E-state index < -0.39 is 0 Å². The van der Waals surface area contributed by atoms with Crippen molar-refractivity contribution in [2.45, 2.75) is 25.7 Å². The molecular formula is C10H19NS2. The SMILES string of the molecule is CC.CCS.Nc1cccc(S)c1. The molecule has 0 aromatic heterocycles. The molecule has 1 nitrogen and oxygen atoms in total. The molecule has 1 aromatic carbocycles. The van der Waals surface area contributed by atoms with Crippen molar-refractivity contribution in [2.75, 3.05) is 11.5 Å². The minimum absolute atomic E-state index is 0.762. The molecule has 0 unspecified atom stereocenters. The molecule has 2 N–H and O–H groups in total. The van der Waals surface area contributed by atoms with Gasteiger partial charge in [0.15, 0.2) is 0 Å². The van der Waals surface area contributed by atoms with Crippen molar-refractivity contribution in [3.8, 4) is 0 Å². The van der Waals surface area contributed by atoms with Crippen molar-refractivity contribution in [1.29, 1.82) is 0 Å². The van der Waals surface area contributed by atoms with Gasteiger partial charge in [-0.15, -0.1) is 12.6 Å². The number of anilines is 1. The van der Waals surface area contributed by atoms with Crippen LogP contribution in [-0.4, -0.2) is 5.75 Å². The van der Waals surface area contributed by atoms with Gasteiger partial charge in [0.05, 0.1) is 0 Å². The van der Waals surface area contributed by atoms with Gasteiger partial charge in [-0.1, -0.05) is 26.8 Å². The van der Waals surface area contributed by atoms with Crippen LogP contribution in [0.1, 0.15) is 20.8 Å². The number of rotatable bonds is 0. The molecule has 0 aliphatic heterocycles. The lowest BCUT2D eigenvalue weighted by molar-refractivity contribution is 1.48. The fourth-order valence-corrected chi connectivity index (χ4v) is 0.760. The van der Waals surface area contributed by atoms with Crippen molar-refractivity contribution in [3.05, 3.63) is 24.3 Å². The molecule has 0 aliphatic rings. The summed E-state index contributed by atoms with van der Waals surface area (Å²) in [6.07, 6.45) is 0. The van der Waals surface area contributed by atoms with E-state index >= 15 is 0 Å². The fraction of sp³-hybridized carbons (Fsp3) is 0.400. The highest BCUT2D eigenvalue weighted by Gasteiger charge is 1.82. The van der Waals surface area contributed by atoms with Crippen LogP contribution in [0.25, 0.3) is 0 Å². The van der Waals surface area contributed by atoms with Crippen LogP contribution in [-0.2, 0) is 0 Å². The number of benzene rings is 1. The maximum Gasteiger partial charge on any atom is 0.0325 e. The lowest BCUT2D eigenvalue weighted by Gasteiger charge is -1.90. The van der Waals surface area contributed by atoms with E-state index in [0.717, 1.165) is 16.3 Å². The van der Waals surface area contributed by atoms with Gasteiger partial charge >= 0.3 is 0 Å². The van der Waals surface area contributed by atoms with Crippen LogP contribution < -0.4 is 5.73 Å². The molecule has 0 atom stereocenters. The summed E-state index contributed by atoms with van der Waals surface area (Å²) in [5.41, 5.74) is 6.17. The van der Waals surface area contributed by atoms with Gasteiger partial charge in [-0.05, 0) is 24.0 Å². The smallest absolute Gasteiger partial charge is 0.0325 e. The molecule has 0 heterocycles. The summed E-state index contributed by atoms with van der Waals surface area (Å²) in [6, 6.07) is 7.40. The Morgan fingerprint density at radius 2 is 1.77 bits per heavy atom. The first kappa shape index (κ1) is 15.2. The summed E-state index contributed by atoms with van der Waals surface area (Å²) in [6.45, 7) is 5.99. The quantitative estimate of drug-likeness (QED) is 0.450. The highest BCUT2D eigenvalue weighted by molar-refractivity contribution is 7.80. The molecule has 13 heavy (non-hydrogen) atoms. The van der Waals surface area contributed by atoms with Crippen molar-refractivity contribution < 1.29 is 0 Å². The predicted molar refractivity (Wildman–Crippen MR) is 69.0 cm³/mol. The van der Waals surface area contributed by atoms with Crippen molar-refractivity contribution in [2.24, 2.45) is 0 Å². The van der Waals surface area contributed by atoms with Crippen LogP contribution in [0.3, 0.4) is 0 Å². The zero-order valence-electron chi connectivity index (χ0n) is 8.49. The van der Waals surface area contributed by atoms with Crippen LogP contribution in [0.2, 0.25) is 0 Å². The second-order valence-electron chi connectivity index (χ2n) is 1.91. The molecule has 0 saturated heterocycles. The average molecular weight is 217 g/mol. The van der Waals surface area contributed by atoms with Gasteiger partial charge in [0, 0.05) is 10.6 Å². The first-order valence-corrected chi connectivity index (χ1v) is 5.44. The zero-order valence-corrected chi connectivity index (χ0v) is 10.3. The Balaban J connectivity index is 0. The molecule has 0 bridgehead atoms. The summed E-state index contributed by atoms with van der Waals surface area (Å²) in [5, 5.41) is 0. The Labute approximate surface area is 92.6 Å². The molecule has 1 aromatic rings. The molecule has 0 amide bonds. The first-order valence-electron chi connectivity index (χ1n) is 4.36. The molecule has 0 fully saturated rings. The minimum Gasteiger partial charge on any atom is -0.399 e. The van der Waals surface area contributed by atoms with Crippen LogP contribution in [0.5, 0.6) is 0 Å². The third-order valence-corrected chi connectivity index (χ3v) is 1.15. The molecule has 3 heteroatoms. The molecule has 0 saturated carbocycles. The molecule has 0 aliphatic carbocycles. The predicted octanol–water partition coefficient (Wildman–Crippen LogP) is 3.52. The minimum atomic E-state index is 0.762. The van der Waals surface area contributed by atoms with E-state index in [2.05, 4.69) is 25.3 Å². The van der Waals surface area contributed by atoms with E-state index in [1.165, 1.54) is 0 Å². The Bertz CT molecular complexity index is 185.